The molecule has 0 aliphatic heterocycles. The second-order valence-electron chi connectivity index (χ2n) is 7.18. The molecule has 1 aliphatic carbocycles. The second kappa shape index (κ2) is 9.31. The number of hydrogen-bond donors (Lipinski definition) is 1. The Labute approximate surface area is 165 Å². The zero-order valence-corrected chi connectivity index (χ0v) is 16.1. The van der Waals surface area contributed by atoms with E-state index < -0.39 is 5.97 Å². The van der Waals surface area contributed by atoms with Crippen molar-refractivity contribution in [2.45, 2.75) is 44.9 Å². The van der Waals surface area contributed by atoms with Crippen LogP contribution >= 0.6 is 0 Å². The molecule has 0 saturated heterocycles. The Bertz CT molecular complexity index is 851. The Morgan fingerprint density at radius 2 is 1.64 bits per heavy atom. The molecular formula is C23H25NO4. The number of amides is 1. The predicted molar refractivity (Wildman–Crippen MR) is 108 cm³/mol. The highest BCUT2D eigenvalue weighted by atomic mass is 16.5. The zero-order chi connectivity index (χ0) is 19.9. The van der Waals surface area contributed by atoms with Crippen LogP contribution in [-0.2, 0) is 9.53 Å². The van der Waals surface area contributed by atoms with Crippen molar-refractivity contribution in [1.82, 2.24) is 0 Å². The highest BCUT2D eigenvalue weighted by Crippen LogP contribution is 2.32. The average molecular weight is 379 g/mol. The van der Waals surface area contributed by atoms with Crippen LogP contribution in [0.1, 0.15) is 71.2 Å². The SMILES string of the molecule is CC(=O)Nc1ccccc1C(=O)OCC(=O)c1ccc(C2CCCCC2)cc1. The third-order valence-electron chi connectivity index (χ3n) is 5.10. The molecule has 0 spiro atoms. The number of hydrogen-bond acceptors (Lipinski definition) is 4. The van der Waals surface area contributed by atoms with E-state index in [0.717, 1.165) is 0 Å². The van der Waals surface area contributed by atoms with E-state index in [9.17, 15) is 14.4 Å². The maximum Gasteiger partial charge on any atom is 0.340 e. The third kappa shape index (κ3) is 5.06. The molecule has 2 aromatic rings. The lowest BCUT2D eigenvalue weighted by Gasteiger charge is -2.22. The summed E-state index contributed by atoms with van der Waals surface area (Å²) in [6.07, 6.45) is 6.25. The summed E-state index contributed by atoms with van der Waals surface area (Å²) in [4.78, 5) is 36.0. The first-order chi connectivity index (χ1) is 13.5. The summed E-state index contributed by atoms with van der Waals surface area (Å²) < 4.78 is 5.17. The maximum absolute atomic E-state index is 12.4. The Morgan fingerprint density at radius 3 is 2.32 bits per heavy atom. The van der Waals surface area contributed by atoms with Gasteiger partial charge in [-0.2, -0.15) is 0 Å². The lowest BCUT2D eigenvalue weighted by molar-refractivity contribution is -0.114. The van der Waals surface area contributed by atoms with Gasteiger partial charge in [0.05, 0.1) is 11.3 Å². The van der Waals surface area contributed by atoms with E-state index in [0.29, 0.717) is 17.2 Å². The molecule has 146 valence electrons. The Morgan fingerprint density at radius 1 is 0.964 bits per heavy atom. The number of esters is 1. The summed E-state index contributed by atoms with van der Waals surface area (Å²) in [5.74, 6) is -0.590. The van der Waals surface area contributed by atoms with Crippen molar-refractivity contribution < 1.29 is 19.1 Å². The van der Waals surface area contributed by atoms with E-state index >= 15 is 0 Å². The minimum Gasteiger partial charge on any atom is -0.454 e. The Hall–Kier alpha value is -2.95. The van der Waals surface area contributed by atoms with E-state index in [1.807, 2.05) is 24.3 Å². The number of para-hydroxylation sites is 1. The van der Waals surface area contributed by atoms with Crippen LogP contribution in [0, 0.1) is 0 Å². The topological polar surface area (TPSA) is 72.5 Å². The number of nitrogens with one attached hydrogen (secondary N) is 1. The first-order valence-electron chi connectivity index (χ1n) is 9.71. The Balaban J connectivity index is 1.59. The molecule has 2 aromatic carbocycles. The zero-order valence-electron chi connectivity index (χ0n) is 16.1. The number of benzene rings is 2. The summed E-state index contributed by atoms with van der Waals surface area (Å²) in [6.45, 7) is 1.03. The maximum atomic E-state index is 12.4. The molecule has 1 fully saturated rings. The fraction of sp³-hybridized carbons (Fsp3) is 0.348. The molecule has 0 heterocycles. The van der Waals surface area contributed by atoms with E-state index in [4.69, 9.17) is 4.74 Å². The molecule has 0 aromatic heterocycles. The van der Waals surface area contributed by atoms with Gasteiger partial charge in [0.15, 0.2) is 12.4 Å². The quantitative estimate of drug-likeness (QED) is 0.582. The highest BCUT2D eigenvalue weighted by Gasteiger charge is 2.18. The van der Waals surface area contributed by atoms with Crippen molar-refractivity contribution in [3.8, 4) is 0 Å². The van der Waals surface area contributed by atoms with Crippen LogP contribution in [0.3, 0.4) is 0 Å². The number of ether oxygens (including phenoxy) is 1. The van der Waals surface area contributed by atoms with Crippen LogP contribution in [0.25, 0.3) is 0 Å². The molecule has 0 unspecified atom stereocenters. The fourth-order valence-corrected chi connectivity index (χ4v) is 3.63. The van der Waals surface area contributed by atoms with E-state index in [1.54, 1.807) is 24.3 Å². The van der Waals surface area contributed by atoms with Gasteiger partial charge in [0.2, 0.25) is 5.91 Å². The van der Waals surface area contributed by atoms with Gasteiger partial charge in [-0.1, -0.05) is 55.7 Å². The van der Waals surface area contributed by atoms with Gasteiger partial charge >= 0.3 is 5.97 Å². The smallest absolute Gasteiger partial charge is 0.340 e. The van der Waals surface area contributed by atoms with Crippen LogP contribution in [0.5, 0.6) is 0 Å². The summed E-state index contributed by atoms with van der Waals surface area (Å²) in [5, 5.41) is 2.59. The molecule has 1 aliphatic rings. The highest BCUT2D eigenvalue weighted by molar-refractivity contribution is 6.03. The summed E-state index contributed by atoms with van der Waals surface area (Å²) in [5.41, 5.74) is 2.39. The summed E-state index contributed by atoms with van der Waals surface area (Å²) in [6, 6.07) is 14.2. The van der Waals surface area contributed by atoms with Crippen LogP contribution in [0.2, 0.25) is 0 Å². The van der Waals surface area contributed by atoms with Crippen molar-refractivity contribution in [1.29, 1.82) is 0 Å². The van der Waals surface area contributed by atoms with Crippen LogP contribution < -0.4 is 5.32 Å². The molecule has 1 saturated carbocycles. The van der Waals surface area contributed by atoms with Crippen molar-refractivity contribution in [2.75, 3.05) is 11.9 Å². The largest absolute Gasteiger partial charge is 0.454 e. The van der Waals surface area contributed by atoms with Crippen molar-refractivity contribution in [2.24, 2.45) is 0 Å². The first kappa shape index (κ1) is 19.8. The molecule has 0 radical (unpaired) electrons. The van der Waals surface area contributed by atoms with E-state index in [-0.39, 0.29) is 23.9 Å². The molecule has 0 atom stereocenters. The molecule has 28 heavy (non-hydrogen) atoms. The van der Waals surface area contributed by atoms with E-state index in [1.165, 1.54) is 44.6 Å². The minimum atomic E-state index is -0.642. The number of anilines is 1. The summed E-state index contributed by atoms with van der Waals surface area (Å²) in [7, 11) is 0. The van der Waals surface area contributed by atoms with Gasteiger partial charge in [0, 0.05) is 12.5 Å². The monoisotopic (exact) mass is 379 g/mol. The molecule has 1 amide bonds. The van der Waals surface area contributed by atoms with Gasteiger partial charge in [-0.25, -0.2) is 4.79 Å². The lowest BCUT2D eigenvalue weighted by atomic mass is 9.84. The fourth-order valence-electron chi connectivity index (χ4n) is 3.63. The van der Waals surface area contributed by atoms with E-state index in [2.05, 4.69) is 5.32 Å². The number of ketones is 1. The molecular weight excluding hydrogens is 354 g/mol. The van der Waals surface area contributed by atoms with Gasteiger partial charge in [-0.15, -0.1) is 0 Å². The van der Waals surface area contributed by atoms with Gasteiger partial charge in [-0.3, -0.25) is 9.59 Å². The second-order valence-corrected chi connectivity index (χ2v) is 7.18. The molecule has 5 nitrogen and oxygen atoms in total. The Kier molecular flexibility index (Phi) is 6.58. The number of rotatable bonds is 6. The lowest BCUT2D eigenvalue weighted by Crippen LogP contribution is -2.17. The molecule has 0 bridgehead atoms. The third-order valence-corrected chi connectivity index (χ3v) is 5.10. The number of carbonyl (C=O) groups is 3. The van der Waals surface area contributed by atoms with Gasteiger partial charge in [0.1, 0.15) is 0 Å². The predicted octanol–water partition coefficient (Wildman–Crippen LogP) is 4.73. The number of carbonyl (C=O) groups excluding carboxylic acids is 3. The average Bonchev–Trinajstić information content (AvgIpc) is 2.72. The first-order valence-corrected chi connectivity index (χ1v) is 9.71. The summed E-state index contributed by atoms with van der Waals surface area (Å²) >= 11 is 0. The van der Waals surface area contributed by atoms with Crippen LogP contribution in [-0.4, -0.2) is 24.3 Å². The molecule has 5 heteroatoms. The van der Waals surface area contributed by atoms with Crippen LogP contribution in [0.4, 0.5) is 5.69 Å². The normalized spacial score (nSPS) is 14.3. The number of Topliss-reactive ketones (excluding diaryl/α,β-unsaturated/α-hetero) is 1. The van der Waals surface area contributed by atoms with Gasteiger partial charge < -0.3 is 10.1 Å². The van der Waals surface area contributed by atoms with Crippen molar-refractivity contribution >= 4 is 23.3 Å². The van der Waals surface area contributed by atoms with Crippen molar-refractivity contribution in [3.63, 3.8) is 0 Å². The standard InChI is InChI=1S/C23H25NO4/c1-16(25)24-21-10-6-5-9-20(21)23(27)28-15-22(26)19-13-11-18(12-14-19)17-7-3-2-4-8-17/h5-6,9-14,17H,2-4,7-8,15H2,1H3,(H,24,25). The van der Waals surface area contributed by atoms with Crippen molar-refractivity contribution in [3.05, 3.63) is 65.2 Å². The van der Waals surface area contributed by atoms with Gasteiger partial charge in [0.25, 0.3) is 0 Å². The molecule has 1 N–H and O–H groups in total. The van der Waals surface area contributed by atoms with Gasteiger partial charge in [-0.05, 0) is 36.5 Å². The van der Waals surface area contributed by atoms with Crippen LogP contribution in [0.15, 0.2) is 48.5 Å². The minimum absolute atomic E-state index is 0.221. The molecule has 3 rings (SSSR count).